The van der Waals surface area contributed by atoms with E-state index in [1.54, 1.807) is 0 Å². The highest BCUT2D eigenvalue weighted by Gasteiger charge is 2.41. The lowest BCUT2D eigenvalue weighted by atomic mass is 9.81. The van der Waals surface area contributed by atoms with Crippen LogP contribution in [0.3, 0.4) is 0 Å². The normalized spacial score (nSPS) is 15.7. The number of fused-ring (bicyclic) bond motifs is 1. The lowest BCUT2D eigenvalue weighted by Gasteiger charge is -2.27. The molecule has 5 rings (SSSR count). The number of aromatic nitrogens is 1. The van der Waals surface area contributed by atoms with Crippen molar-refractivity contribution in [3.63, 3.8) is 0 Å². The Kier molecular flexibility index (Phi) is 4.51. The fourth-order valence-corrected chi connectivity index (χ4v) is 4.82. The van der Waals surface area contributed by atoms with Gasteiger partial charge in [-0.15, -0.1) is 0 Å². The van der Waals surface area contributed by atoms with Crippen LogP contribution in [0.15, 0.2) is 83.1 Å². The Hall–Kier alpha value is -3.66. The molecule has 2 aliphatic rings. The van der Waals surface area contributed by atoms with E-state index in [2.05, 4.69) is 0 Å². The Morgan fingerprint density at radius 2 is 1.45 bits per heavy atom. The Morgan fingerprint density at radius 1 is 0.839 bits per heavy atom. The molecule has 31 heavy (non-hydrogen) atoms. The molecule has 1 aliphatic heterocycles. The van der Waals surface area contributed by atoms with Crippen LogP contribution in [0.1, 0.15) is 41.1 Å². The van der Waals surface area contributed by atoms with Crippen LogP contribution < -0.4 is 0 Å². The summed E-state index contributed by atoms with van der Waals surface area (Å²) in [6.45, 7) is 4.01. The maximum atomic E-state index is 13.8. The molecule has 1 aliphatic carbocycles. The van der Waals surface area contributed by atoms with E-state index in [1.165, 1.54) is 0 Å². The molecular formula is C27H23NO3. The molecular weight excluding hydrogens is 386 g/mol. The maximum absolute atomic E-state index is 13.8. The van der Waals surface area contributed by atoms with E-state index in [0.717, 1.165) is 33.7 Å². The molecule has 0 saturated heterocycles. The van der Waals surface area contributed by atoms with Crippen molar-refractivity contribution in [2.45, 2.75) is 20.3 Å². The first-order valence-corrected chi connectivity index (χ1v) is 10.5. The maximum Gasteiger partial charge on any atom is 0.211 e. The summed E-state index contributed by atoms with van der Waals surface area (Å²) in [4.78, 5) is 27.6. The van der Waals surface area contributed by atoms with E-state index < -0.39 is 0 Å². The van der Waals surface area contributed by atoms with Crippen LogP contribution in [-0.2, 0) is 11.8 Å². The Morgan fingerprint density at radius 3 is 2.06 bits per heavy atom. The van der Waals surface area contributed by atoms with Crippen LogP contribution in [0.2, 0.25) is 0 Å². The highest BCUT2D eigenvalue weighted by Crippen LogP contribution is 2.45. The first-order valence-electron chi connectivity index (χ1n) is 10.5. The molecule has 4 heteroatoms. The zero-order valence-electron chi connectivity index (χ0n) is 17.9. The molecule has 4 nitrogen and oxygen atoms in total. The highest BCUT2D eigenvalue weighted by atomic mass is 16.5. The standard InChI is InChI=1S/C27H23NO3/c1-4-20-16(2)21-19(15-31-20)26(29)23-22(17-11-7-5-8-12-17)24(18-13-9-6-10-14-18)28(3)25(23)27(21)30/h5-14H,4,15H2,1-3H3. The second-order valence-corrected chi connectivity index (χ2v) is 7.94. The molecule has 0 unspecified atom stereocenters. The van der Waals surface area contributed by atoms with Crippen molar-refractivity contribution in [3.8, 4) is 22.4 Å². The van der Waals surface area contributed by atoms with Gasteiger partial charge in [-0.3, -0.25) is 9.59 Å². The van der Waals surface area contributed by atoms with Gasteiger partial charge in [0.05, 0.1) is 17.0 Å². The molecule has 0 fully saturated rings. The van der Waals surface area contributed by atoms with E-state index in [1.807, 2.05) is 86.1 Å². The molecule has 0 amide bonds. The zero-order chi connectivity index (χ0) is 21.7. The predicted molar refractivity (Wildman–Crippen MR) is 121 cm³/mol. The van der Waals surface area contributed by atoms with E-state index in [9.17, 15) is 9.59 Å². The second-order valence-electron chi connectivity index (χ2n) is 7.94. The van der Waals surface area contributed by atoms with Crippen molar-refractivity contribution in [3.05, 3.63) is 94.4 Å². The summed E-state index contributed by atoms with van der Waals surface area (Å²) in [6.07, 6.45) is 0.689. The summed E-state index contributed by atoms with van der Waals surface area (Å²) < 4.78 is 7.75. The molecule has 0 N–H and O–H groups in total. The van der Waals surface area contributed by atoms with Gasteiger partial charge in [0.25, 0.3) is 0 Å². The number of carbonyl (C=O) groups excluding carboxylic acids is 2. The Labute approximate surface area is 181 Å². The largest absolute Gasteiger partial charge is 0.493 e. The number of benzene rings is 2. The van der Waals surface area contributed by atoms with Gasteiger partial charge >= 0.3 is 0 Å². The first kappa shape index (κ1) is 19.3. The molecule has 0 spiro atoms. The average molecular weight is 409 g/mol. The summed E-state index contributed by atoms with van der Waals surface area (Å²) in [5.41, 5.74) is 6.25. The minimum Gasteiger partial charge on any atom is -0.493 e. The third-order valence-electron chi connectivity index (χ3n) is 6.25. The third-order valence-corrected chi connectivity index (χ3v) is 6.25. The van der Waals surface area contributed by atoms with Crippen molar-refractivity contribution in [1.29, 1.82) is 0 Å². The molecule has 0 radical (unpaired) electrons. The number of allylic oxidation sites excluding steroid dienone is 3. The summed E-state index contributed by atoms with van der Waals surface area (Å²) in [7, 11) is 1.88. The molecule has 154 valence electrons. The van der Waals surface area contributed by atoms with Crippen molar-refractivity contribution < 1.29 is 14.3 Å². The molecule has 3 aromatic rings. The lowest BCUT2D eigenvalue weighted by molar-refractivity contribution is 0.0943. The predicted octanol–water partition coefficient (Wildman–Crippen LogP) is 5.75. The number of hydrogen-bond donors (Lipinski definition) is 0. The van der Waals surface area contributed by atoms with Gasteiger partial charge in [-0.25, -0.2) is 0 Å². The highest BCUT2D eigenvalue weighted by molar-refractivity contribution is 6.31. The third kappa shape index (κ3) is 2.75. The Balaban J connectivity index is 1.85. The Bertz CT molecular complexity index is 1290. The summed E-state index contributed by atoms with van der Waals surface area (Å²) in [5.74, 6) is 0.568. The number of rotatable bonds is 3. The number of hydrogen-bond acceptors (Lipinski definition) is 3. The average Bonchev–Trinajstić information content (AvgIpc) is 3.12. The van der Waals surface area contributed by atoms with Gasteiger partial charge in [0.2, 0.25) is 5.78 Å². The van der Waals surface area contributed by atoms with Crippen LogP contribution in [0.25, 0.3) is 22.4 Å². The molecule has 0 bridgehead atoms. The van der Waals surface area contributed by atoms with E-state index in [4.69, 9.17) is 4.74 Å². The second kappa shape index (κ2) is 7.24. The topological polar surface area (TPSA) is 48.3 Å². The summed E-state index contributed by atoms with van der Waals surface area (Å²) in [5, 5.41) is 0. The summed E-state index contributed by atoms with van der Waals surface area (Å²) in [6, 6.07) is 19.8. The SMILES string of the molecule is CCC1=C(C)C2=C(CO1)C(=O)c1c(-c3ccccc3)c(-c3ccccc3)n(C)c1C2=O. The zero-order valence-corrected chi connectivity index (χ0v) is 17.9. The van der Waals surface area contributed by atoms with Gasteiger partial charge in [-0.1, -0.05) is 67.6 Å². The van der Waals surface area contributed by atoms with E-state index >= 15 is 0 Å². The molecule has 0 atom stereocenters. The number of ketones is 2. The van der Waals surface area contributed by atoms with Gasteiger partial charge in [-0.05, 0) is 23.6 Å². The van der Waals surface area contributed by atoms with E-state index in [-0.39, 0.29) is 18.2 Å². The van der Waals surface area contributed by atoms with Gasteiger partial charge < -0.3 is 9.30 Å². The molecule has 2 aromatic carbocycles. The van der Waals surface area contributed by atoms with Crippen LogP contribution in [0, 0.1) is 0 Å². The minimum absolute atomic E-state index is 0.0989. The number of carbonyl (C=O) groups is 2. The summed E-state index contributed by atoms with van der Waals surface area (Å²) >= 11 is 0. The van der Waals surface area contributed by atoms with Gasteiger partial charge in [-0.2, -0.15) is 0 Å². The fraction of sp³-hybridized carbons (Fsp3) is 0.185. The van der Waals surface area contributed by atoms with Crippen LogP contribution >= 0.6 is 0 Å². The van der Waals surface area contributed by atoms with E-state index in [0.29, 0.717) is 28.8 Å². The number of nitrogens with zero attached hydrogens (tertiary/aromatic N) is 1. The fourth-order valence-electron chi connectivity index (χ4n) is 4.82. The quantitative estimate of drug-likeness (QED) is 0.553. The molecule has 2 heterocycles. The van der Waals surface area contributed by atoms with Gasteiger partial charge in [0.15, 0.2) is 5.78 Å². The molecule has 1 aromatic heterocycles. The first-order chi connectivity index (χ1) is 15.0. The van der Waals surface area contributed by atoms with Crippen LogP contribution in [-0.4, -0.2) is 22.7 Å². The van der Waals surface area contributed by atoms with Gasteiger partial charge in [0.1, 0.15) is 12.3 Å². The van der Waals surface area contributed by atoms with Crippen molar-refractivity contribution in [1.82, 2.24) is 4.57 Å². The van der Waals surface area contributed by atoms with Crippen LogP contribution in [0.5, 0.6) is 0 Å². The minimum atomic E-state index is -0.115. The lowest BCUT2D eigenvalue weighted by Crippen LogP contribution is -2.29. The van der Waals surface area contributed by atoms with Crippen molar-refractivity contribution in [2.75, 3.05) is 6.61 Å². The molecule has 0 saturated carbocycles. The van der Waals surface area contributed by atoms with Gasteiger partial charge in [0, 0.05) is 30.2 Å². The number of ether oxygens (including phenoxy) is 1. The van der Waals surface area contributed by atoms with Crippen molar-refractivity contribution in [2.24, 2.45) is 7.05 Å². The monoisotopic (exact) mass is 409 g/mol. The van der Waals surface area contributed by atoms with Crippen molar-refractivity contribution >= 4 is 11.6 Å². The smallest absolute Gasteiger partial charge is 0.211 e. The number of Topliss-reactive ketones (excluding diaryl/α,β-unsaturated/α-hetero) is 2. The van der Waals surface area contributed by atoms with Crippen LogP contribution in [0.4, 0.5) is 0 Å².